The summed E-state index contributed by atoms with van der Waals surface area (Å²) in [6.45, 7) is 1.74. The van der Waals surface area contributed by atoms with Crippen molar-refractivity contribution in [2.75, 3.05) is 0 Å². The minimum Gasteiger partial charge on any atom is -0.507 e. The fraction of sp³-hybridized carbons (Fsp3) is 0.0588. The van der Waals surface area contributed by atoms with Crippen LogP contribution in [-0.2, 0) is 0 Å². The molecule has 2 aromatic carbocycles. The van der Waals surface area contributed by atoms with Crippen LogP contribution in [0.2, 0.25) is 0 Å². The molecule has 1 heterocycles. The molecule has 0 unspecified atom stereocenters. The SMILES string of the molecule is CC(=NNC(=O)c1ccccc1O)c1cc2ccccc2o1. The molecule has 0 saturated carbocycles. The number of carbonyl (C=O) groups excluding carboxylic acids is 1. The predicted molar refractivity (Wildman–Crippen MR) is 84.0 cm³/mol. The van der Waals surface area contributed by atoms with Gasteiger partial charge in [0.2, 0.25) is 0 Å². The average Bonchev–Trinajstić information content (AvgIpc) is 2.97. The van der Waals surface area contributed by atoms with Gasteiger partial charge in [-0.15, -0.1) is 0 Å². The third kappa shape index (κ3) is 2.69. The molecule has 3 aromatic rings. The van der Waals surface area contributed by atoms with E-state index in [2.05, 4.69) is 10.5 Å². The monoisotopic (exact) mass is 294 g/mol. The van der Waals surface area contributed by atoms with E-state index in [-0.39, 0.29) is 11.3 Å². The largest absolute Gasteiger partial charge is 0.507 e. The number of nitrogens with zero attached hydrogens (tertiary/aromatic N) is 1. The zero-order valence-electron chi connectivity index (χ0n) is 11.9. The molecule has 0 fully saturated rings. The van der Waals surface area contributed by atoms with Crippen LogP contribution in [0.25, 0.3) is 11.0 Å². The second-order valence-corrected chi connectivity index (χ2v) is 4.80. The first kappa shape index (κ1) is 13.9. The average molecular weight is 294 g/mol. The summed E-state index contributed by atoms with van der Waals surface area (Å²) in [6.07, 6.45) is 0. The second-order valence-electron chi connectivity index (χ2n) is 4.80. The van der Waals surface area contributed by atoms with Crippen LogP contribution in [0.15, 0.2) is 64.1 Å². The first-order valence-corrected chi connectivity index (χ1v) is 6.77. The van der Waals surface area contributed by atoms with Crippen LogP contribution >= 0.6 is 0 Å². The number of rotatable bonds is 3. The fourth-order valence-corrected chi connectivity index (χ4v) is 2.08. The lowest BCUT2D eigenvalue weighted by molar-refractivity contribution is 0.0952. The lowest BCUT2D eigenvalue weighted by atomic mass is 10.2. The van der Waals surface area contributed by atoms with Crippen LogP contribution in [-0.4, -0.2) is 16.7 Å². The molecule has 0 bridgehead atoms. The summed E-state index contributed by atoms with van der Waals surface area (Å²) in [5.74, 6) is 0.0175. The summed E-state index contributed by atoms with van der Waals surface area (Å²) in [7, 11) is 0. The van der Waals surface area contributed by atoms with E-state index in [4.69, 9.17) is 4.42 Å². The number of amides is 1. The van der Waals surface area contributed by atoms with Crippen molar-refractivity contribution in [1.29, 1.82) is 0 Å². The Bertz CT molecular complexity index is 832. The fourth-order valence-electron chi connectivity index (χ4n) is 2.08. The zero-order valence-corrected chi connectivity index (χ0v) is 11.9. The van der Waals surface area contributed by atoms with Gasteiger partial charge in [-0.2, -0.15) is 5.10 Å². The van der Waals surface area contributed by atoms with E-state index in [9.17, 15) is 9.90 Å². The number of hydrogen-bond donors (Lipinski definition) is 2. The van der Waals surface area contributed by atoms with Gasteiger partial charge in [0.25, 0.3) is 5.91 Å². The van der Waals surface area contributed by atoms with Gasteiger partial charge in [-0.25, -0.2) is 5.43 Å². The lowest BCUT2D eigenvalue weighted by Crippen LogP contribution is -2.19. The van der Waals surface area contributed by atoms with Crippen molar-refractivity contribution in [2.45, 2.75) is 6.92 Å². The normalized spacial score (nSPS) is 11.6. The van der Waals surface area contributed by atoms with Crippen molar-refractivity contribution in [3.63, 3.8) is 0 Å². The van der Waals surface area contributed by atoms with Gasteiger partial charge in [0.15, 0.2) is 5.76 Å². The maximum absolute atomic E-state index is 12.0. The molecule has 5 heteroatoms. The standard InChI is InChI=1S/C17H14N2O3/c1-11(16-10-12-6-2-5-9-15(12)22-16)18-19-17(21)13-7-3-4-8-14(13)20/h2-10,20H,1H3,(H,19,21). The third-order valence-electron chi connectivity index (χ3n) is 3.26. The maximum Gasteiger partial charge on any atom is 0.275 e. The Balaban J connectivity index is 1.80. The van der Waals surface area contributed by atoms with Gasteiger partial charge >= 0.3 is 0 Å². The van der Waals surface area contributed by atoms with E-state index in [0.29, 0.717) is 11.5 Å². The third-order valence-corrected chi connectivity index (χ3v) is 3.26. The zero-order chi connectivity index (χ0) is 15.5. The molecular formula is C17H14N2O3. The number of benzene rings is 2. The van der Waals surface area contributed by atoms with Crippen LogP contribution in [0.3, 0.4) is 0 Å². The molecule has 0 radical (unpaired) electrons. The van der Waals surface area contributed by atoms with E-state index in [0.717, 1.165) is 11.0 Å². The van der Waals surface area contributed by atoms with E-state index in [1.54, 1.807) is 19.1 Å². The smallest absolute Gasteiger partial charge is 0.275 e. The topological polar surface area (TPSA) is 74.8 Å². The number of carbonyl (C=O) groups is 1. The van der Waals surface area contributed by atoms with Crippen molar-refractivity contribution < 1.29 is 14.3 Å². The number of hydrogen-bond acceptors (Lipinski definition) is 4. The molecule has 0 aliphatic carbocycles. The highest BCUT2D eigenvalue weighted by Crippen LogP contribution is 2.19. The summed E-state index contributed by atoms with van der Waals surface area (Å²) in [4.78, 5) is 12.0. The molecule has 0 spiro atoms. The van der Waals surface area contributed by atoms with Gasteiger partial charge in [0.05, 0.1) is 5.56 Å². The number of furan rings is 1. The van der Waals surface area contributed by atoms with E-state index >= 15 is 0 Å². The Morgan fingerprint density at radius 1 is 1.14 bits per heavy atom. The molecule has 0 aliphatic heterocycles. The highest BCUT2D eigenvalue weighted by molar-refractivity contribution is 6.02. The first-order valence-electron chi connectivity index (χ1n) is 6.77. The van der Waals surface area contributed by atoms with Gasteiger partial charge in [0, 0.05) is 5.39 Å². The van der Waals surface area contributed by atoms with Crippen molar-refractivity contribution in [2.24, 2.45) is 5.10 Å². The van der Waals surface area contributed by atoms with E-state index in [1.807, 2.05) is 30.3 Å². The first-order chi connectivity index (χ1) is 10.6. The molecular weight excluding hydrogens is 280 g/mol. The lowest BCUT2D eigenvalue weighted by Gasteiger charge is -2.03. The Kier molecular flexibility index (Phi) is 3.62. The number of fused-ring (bicyclic) bond motifs is 1. The summed E-state index contributed by atoms with van der Waals surface area (Å²) < 4.78 is 5.66. The van der Waals surface area contributed by atoms with Gasteiger partial charge in [-0.1, -0.05) is 30.3 Å². The number of nitrogens with one attached hydrogen (secondary N) is 1. The molecule has 22 heavy (non-hydrogen) atoms. The van der Waals surface area contributed by atoms with E-state index in [1.165, 1.54) is 12.1 Å². The van der Waals surface area contributed by atoms with Crippen molar-refractivity contribution >= 4 is 22.6 Å². The van der Waals surface area contributed by atoms with Crippen LogP contribution in [0.1, 0.15) is 23.0 Å². The van der Waals surface area contributed by atoms with Crippen LogP contribution < -0.4 is 5.43 Å². The number of phenols is 1. The number of phenolic OH excluding ortho intramolecular Hbond substituents is 1. The molecule has 110 valence electrons. The summed E-state index contributed by atoms with van der Waals surface area (Å²) in [5, 5.41) is 14.6. The van der Waals surface area contributed by atoms with Crippen LogP contribution in [0.5, 0.6) is 5.75 Å². The summed E-state index contributed by atoms with van der Waals surface area (Å²) in [6, 6.07) is 15.8. The molecule has 0 atom stereocenters. The molecule has 5 nitrogen and oxygen atoms in total. The molecule has 3 rings (SSSR count). The van der Waals surface area contributed by atoms with Crippen molar-refractivity contribution in [3.05, 3.63) is 65.9 Å². The van der Waals surface area contributed by atoms with Gasteiger partial charge in [-0.3, -0.25) is 4.79 Å². The van der Waals surface area contributed by atoms with Crippen molar-refractivity contribution in [1.82, 2.24) is 5.43 Å². The van der Waals surface area contributed by atoms with Gasteiger partial charge in [0.1, 0.15) is 17.0 Å². The van der Waals surface area contributed by atoms with E-state index < -0.39 is 5.91 Å². The van der Waals surface area contributed by atoms with Gasteiger partial charge < -0.3 is 9.52 Å². The summed E-state index contributed by atoms with van der Waals surface area (Å²) in [5.41, 5.74) is 3.89. The van der Waals surface area contributed by atoms with Crippen molar-refractivity contribution in [3.8, 4) is 5.75 Å². The number of aromatic hydroxyl groups is 1. The highest BCUT2D eigenvalue weighted by Gasteiger charge is 2.10. The Labute approximate surface area is 126 Å². The highest BCUT2D eigenvalue weighted by atomic mass is 16.3. The Morgan fingerprint density at radius 3 is 2.64 bits per heavy atom. The minimum atomic E-state index is -0.478. The molecule has 2 N–H and O–H groups in total. The molecule has 0 aliphatic rings. The predicted octanol–water partition coefficient (Wildman–Crippen LogP) is 3.29. The quantitative estimate of drug-likeness (QED) is 0.575. The maximum atomic E-state index is 12.0. The summed E-state index contributed by atoms with van der Waals surface area (Å²) >= 11 is 0. The molecule has 1 aromatic heterocycles. The molecule has 0 saturated heterocycles. The minimum absolute atomic E-state index is 0.0865. The number of para-hydroxylation sites is 2. The number of hydrazone groups is 1. The van der Waals surface area contributed by atoms with Crippen LogP contribution in [0, 0.1) is 0 Å². The Morgan fingerprint density at radius 2 is 1.86 bits per heavy atom. The van der Waals surface area contributed by atoms with Gasteiger partial charge in [-0.05, 0) is 31.2 Å². The molecule has 1 amide bonds. The van der Waals surface area contributed by atoms with Crippen LogP contribution in [0.4, 0.5) is 0 Å². The Hall–Kier alpha value is -3.08. The second kappa shape index (κ2) is 5.73.